The molecule has 144 valence electrons. The van der Waals surface area contributed by atoms with Crippen molar-refractivity contribution in [1.82, 2.24) is 4.90 Å². The molecular weight excluding hydrogens is 384 g/mol. The molecule has 0 aliphatic carbocycles. The van der Waals surface area contributed by atoms with Crippen LogP contribution in [0.25, 0.3) is 0 Å². The van der Waals surface area contributed by atoms with Gasteiger partial charge in [-0.15, -0.1) is 11.8 Å². The lowest BCUT2D eigenvalue weighted by molar-refractivity contribution is -0.131. The highest BCUT2D eigenvalue weighted by molar-refractivity contribution is 8.00. The smallest absolute Gasteiger partial charge is 0.244 e. The summed E-state index contributed by atoms with van der Waals surface area (Å²) in [6, 6.07) is 11.1. The maximum atomic E-state index is 12.4. The minimum Gasteiger partial charge on any atom is -0.495 e. The van der Waals surface area contributed by atoms with Crippen LogP contribution in [0.2, 0.25) is 5.02 Å². The lowest BCUT2D eigenvalue weighted by atomic mass is 10.2. The van der Waals surface area contributed by atoms with Crippen molar-refractivity contribution >= 4 is 40.9 Å². The Morgan fingerprint density at radius 3 is 2.63 bits per heavy atom. The summed E-state index contributed by atoms with van der Waals surface area (Å²) >= 11 is 7.44. The number of nitrogens with zero attached hydrogens (tertiary/aromatic N) is 1. The third-order valence-electron chi connectivity index (χ3n) is 3.94. The molecule has 0 spiro atoms. The molecule has 0 bridgehead atoms. The molecule has 0 aromatic heterocycles. The van der Waals surface area contributed by atoms with Gasteiger partial charge in [0.1, 0.15) is 5.75 Å². The predicted molar refractivity (Wildman–Crippen MR) is 111 cm³/mol. The third-order valence-corrected chi connectivity index (χ3v) is 5.31. The Labute approximate surface area is 169 Å². The van der Waals surface area contributed by atoms with E-state index in [2.05, 4.69) is 11.4 Å². The maximum absolute atomic E-state index is 12.4. The van der Waals surface area contributed by atoms with Crippen molar-refractivity contribution < 1.29 is 14.3 Å². The Hall–Kier alpha value is -2.18. The van der Waals surface area contributed by atoms with Crippen molar-refractivity contribution in [3.63, 3.8) is 0 Å². The Bertz CT molecular complexity index is 842. The minimum atomic E-state index is -0.317. The molecule has 0 fully saturated rings. The SMILES string of the molecule is COc1ccc(Cl)cc1NC(=O)CN(C)C(=O)CSc1cc(C)ccc1C. The Balaban J connectivity index is 1.91. The summed E-state index contributed by atoms with van der Waals surface area (Å²) in [6.07, 6.45) is 0. The van der Waals surface area contributed by atoms with Crippen LogP contribution in [0.5, 0.6) is 5.75 Å². The van der Waals surface area contributed by atoms with E-state index in [1.54, 1.807) is 25.2 Å². The van der Waals surface area contributed by atoms with Crippen LogP contribution in [0.3, 0.4) is 0 Å². The van der Waals surface area contributed by atoms with Crippen molar-refractivity contribution in [3.05, 3.63) is 52.5 Å². The van der Waals surface area contributed by atoms with Crippen LogP contribution in [-0.2, 0) is 9.59 Å². The Kier molecular flexibility index (Phi) is 7.56. The molecule has 5 nitrogen and oxygen atoms in total. The zero-order chi connectivity index (χ0) is 20.0. The first kappa shape index (κ1) is 21.1. The number of aryl methyl sites for hydroxylation is 2. The number of hydrogen-bond donors (Lipinski definition) is 1. The monoisotopic (exact) mass is 406 g/mol. The number of benzene rings is 2. The van der Waals surface area contributed by atoms with E-state index >= 15 is 0 Å². The maximum Gasteiger partial charge on any atom is 0.244 e. The number of anilines is 1. The number of carbonyl (C=O) groups is 2. The normalized spacial score (nSPS) is 10.4. The molecule has 7 heteroatoms. The molecule has 2 aromatic rings. The lowest BCUT2D eigenvalue weighted by Gasteiger charge is -2.18. The molecule has 0 radical (unpaired) electrons. The van der Waals surface area contributed by atoms with Gasteiger partial charge in [-0.05, 0) is 43.7 Å². The first-order chi connectivity index (χ1) is 12.8. The summed E-state index contributed by atoms with van der Waals surface area (Å²) in [7, 11) is 3.12. The molecule has 2 rings (SSSR count). The van der Waals surface area contributed by atoms with Crippen molar-refractivity contribution in [3.8, 4) is 5.75 Å². The number of carbonyl (C=O) groups excluding carboxylic acids is 2. The first-order valence-corrected chi connectivity index (χ1v) is 9.74. The third kappa shape index (κ3) is 6.19. The standard InChI is InChI=1S/C20H23ClN2O3S/c1-13-5-6-14(2)18(9-13)27-12-20(25)23(3)11-19(24)22-16-10-15(21)7-8-17(16)26-4/h5-10H,11-12H2,1-4H3,(H,22,24). The van der Waals surface area contributed by atoms with E-state index in [1.807, 2.05) is 26.0 Å². The van der Waals surface area contributed by atoms with Crippen LogP contribution >= 0.6 is 23.4 Å². The molecule has 0 heterocycles. The van der Waals surface area contributed by atoms with Crippen LogP contribution < -0.4 is 10.1 Å². The average molecular weight is 407 g/mol. The second-order valence-electron chi connectivity index (χ2n) is 6.20. The fourth-order valence-electron chi connectivity index (χ4n) is 2.38. The molecule has 0 unspecified atom stereocenters. The molecule has 1 N–H and O–H groups in total. The molecule has 0 aliphatic heterocycles. The topological polar surface area (TPSA) is 58.6 Å². The van der Waals surface area contributed by atoms with Gasteiger partial charge in [0.15, 0.2) is 0 Å². The van der Waals surface area contributed by atoms with Gasteiger partial charge in [0.05, 0.1) is 25.1 Å². The number of amides is 2. The minimum absolute atomic E-state index is 0.0537. The molecule has 0 aliphatic rings. The van der Waals surface area contributed by atoms with Crippen molar-refractivity contribution in [2.75, 3.05) is 31.8 Å². The largest absolute Gasteiger partial charge is 0.495 e. The molecule has 2 aromatic carbocycles. The van der Waals surface area contributed by atoms with Gasteiger partial charge in [-0.1, -0.05) is 29.3 Å². The zero-order valence-corrected chi connectivity index (χ0v) is 17.4. The summed E-state index contributed by atoms with van der Waals surface area (Å²) in [6.45, 7) is 3.98. The van der Waals surface area contributed by atoms with Crippen LogP contribution in [0, 0.1) is 13.8 Å². The number of likely N-dealkylation sites (N-methyl/N-ethyl adjacent to an activating group) is 1. The van der Waals surface area contributed by atoms with E-state index in [-0.39, 0.29) is 24.1 Å². The van der Waals surface area contributed by atoms with E-state index in [4.69, 9.17) is 16.3 Å². The van der Waals surface area contributed by atoms with E-state index in [0.29, 0.717) is 16.5 Å². The van der Waals surface area contributed by atoms with Gasteiger partial charge in [0.2, 0.25) is 11.8 Å². The van der Waals surface area contributed by atoms with E-state index in [0.717, 1.165) is 16.0 Å². The number of methoxy groups -OCH3 is 1. The van der Waals surface area contributed by atoms with Gasteiger partial charge < -0.3 is 15.0 Å². The Morgan fingerprint density at radius 1 is 1.19 bits per heavy atom. The number of ether oxygens (including phenoxy) is 1. The zero-order valence-electron chi connectivity index (χ0n) is 15.8. The number of hydrogen-bond acceptors (Lipinski definition) is 4. The van der Waals surface area contributed by atoms with Gasteiger partial charge in [0.25, 0.3) is 0 Å². The highest BCUT2D eigenvalue weighted by Gasteiger charge is 2.15. The van der Waals surface area contributed by atoms with Crippen LogP contribution in [0.15, 0.2) is 41.3 Å². The molecule has 0 atom stereocenters. The van der Waals surface area contributed by atoms with Gasteiger partial charge in [-0.2, -0.15) is 0 Å². The highest BCUT2D eigenvalue weighted by Crippen LogP contribution is 2.27. The van der Waals surface area contributed by atoms with Gasteiger partial charge in [-0.3, -0.25) is 9.59 Å². The molecule has 0 saturated heterocycles. The molecular formula is C20H23ClN2O3S. The van der Waals surface area contributed by atoms with Crippen molar-refractivity contribution in [1.29, 1.82) is 0 Å². The first-order valence-electron chi connectivity index (χ1n) is 8.37. The predicted octanol–water partition coefficient (Wildman–Crippen LogP) is 4.15. The quantitative estimate of drug-likeness (QED) is 0.701. The second kappa shape index (κ2) is 9.67. The summed E-state index contributed by atoms with van der Waals surface area (Å²) in [5, 5.41) is 3.22. The van der Waals surface area contributed by atoms with Crippen LogP contribution in [0.1, 0.15) is 11.1 Å². The van der Waals surface area contributed by atoms with Crippen LogP contribution in [-0.4, -0.2) is 43.2 Å². The fraction of sp³-hybridized carbons (Fsp3) is 0.300. The fourth-order valence-corrected chi connectivity index (χ4v) is 3.62. The number of thioether (sulfide) groups is 1. The van der Waals surface area contributed by atoms with Crippen molar-refractivity contribution in [2.45, 2.75) is 18.7 Å². The van der Waals surface area contributed by atoms with E-state index < -0.39 is 0 Å². The number of nitrogens with one attached hydrogen (secondary N) is 1. The number of halogens is 1. The summed E-state index contributed by atoms with van der Waals surface area (Å²) in [5.74, 6) is 0.346. The highest BCUT2D eigenvalue weighted by atomic mass is 35.5. The molecule has 2 amide bonds. The summed E-state index contributed by atoms with van der Waals surface area (Å²) < 4.78 is 5.20. The van der Waals surface area contributed by atoms with Gasteiger partial charge in [-0.25, -0.2) is 0 Å². The Morgan fingerprint density at radius 2 is 1.93 bits per heavy atom. The van der Waals surface area contributed by atoms with E-state index in [1.165, 1.54) is 23.8 Å². The summed E-state index contributed by atoms with van der Waals surface area (Å²) in [4.78, 5) is 27.1. The molecule has 0 saturated carbocycles. The van der Waals surface area contributed by atoms with Gasteiger partial charge in [0, 0.05) is 17.0 Å². The van der Waals surface area contributed by atoms with Crippen LogP contribution in [0.4, 0.5) is 5.69 Å². The lowest BCUT2D eigenvalue weighted by Crippen LogP contribution is -2.36. The summed E-state index contributed by atoms with van der Waals surface area (Å²) in [5.41, 5.74) is 2.76. The van der Waals surface area contributed by atoms with Gasteiger partial charge >= 0.3 is 0 Å². The number of rotatable bonds is 7. The average Bonchev–Trinajstić information content (AvgIpc) is 2.62. The van der Waals surface area contributed by atoms with E-state index in [9.17, 15) is 9.59 Å². The second-order valence-corrected chi connectivity index (χ2v) is 7.65. The van der Waals surface area contributed by atoms with Crippen molar-refractivity contribution in [2.24, 2.45) is 0 Å². The molecule has 27 heavy (non-hydrogen) atoms.